The largest absolute Gasteiger partial charge is 0.343 e. The van der Waals surface area contributed by atoms with Crippen LogP contribution < -0.4 is 10.2 Å². The molecule has 0 bridgehead atoms. The summed E-state index contributed by atoms with van der Waals surface area (Å²) in [6, 6.07) is 22.8. The highest BCUT2D eigenvalue weighted by Crippen LogP contribution is 2.46. The molecule has 4 aromatic rings. The highest BCUT2D eigenvalue weighted by atomic mass is 32.2. The minimum absolute atomic E-state index is 0.0492. The zero-order valence-corrected chi connectivity index (χ0v) is 18.9. The first kappa shape index (κ1) is 20.7. The third-order valence-electron chi connectivity index (χ3n) is 5.85. The third-order valence-corrected chi connectivity index (χ3v) is 6.97. The molecule has 1 fully saturated rings. The highest BCUT2D eigenvalue weighted by molar-refractivity contribution is 7.99. The van der Waals surface area contributed by atoms with Gasteiger partial charge in [0.1, 0.15) is 0 Å². The molecule has 2 aliphatic rings. The van der Waals surface area contributed by atoms with Crippen LogP contribution in [-0.4, -0.2) is 28.0 Å². The molecule has 1 aliphatic carbocycles. The van der Waals surface area contributed by atoms with Gasteiger partial charge in [-0.05, 0) is 55.3 Å². The summed E-state index contributed by atoms with van der Waals surface area (Å²) in [5.74, 6) is 0.606. The van der Waals surface area contributed by atoms with Crippen LogP contribution in [0.3, 0.4) is 0 Å². The number of benzene rings is 3. The maximum atomic E-state index is 13.3. The first-order valence-corrected chi connectivity index (χ1v) is 11.9. The van der Waals surface area contributed by atoms with Gasteiger partial charge in [-0.1, -0.05) is 47.3 Å². The van der Waals surface area contributed by atoms with Gasteiger partial charge in [0.05, 0.1) is 17.8 Å². The van der Waals surface area contributed by atoms with Crippen molar-refractivity contribution >= 4 is 29.3 Å². The fraction of sp³-hybridized carbons (Fsp3) is 0.154. The van der Waals surface area contributed by atoms with E-state index in [-0.39, 0.29) is 24.4 Å². The zero-order valence-electron chi connectivity index (χ0n) is 18.1. The molecule has 8 heteroatoms. The number of amides is 2. The fourth-order valence-electron chi connectivity index (χ4n) is 4.01. The Morgan fingerprint density at radius 1 is 1.03 bits per heavy atom. The minimum Gasteiger partial charge on any atom is -0.343 e. The number of nitrogens with one attached hydrogen (secondary N) is 1. The Morgan fingerprint density at radius 2 is 1.82 bits per heavy atom. The van der Waals surface area contributed by atoms with E-state index >= 15 is 0 Å². The Kier molecular flexibility index (Phi) is 5.15. The van der Waals surface area contributed by atoms with Gasteiger partial charge < -0.3 is 14.7 Å². The van der Waals surface area contributed by atoms with E-state index in [4.69, 9.17) is 4.52 Å². The summed E-state index contributed by atoms with van der Waals surface area (Å²) in [5, 5.41) is 6.90. The molecule has 0 spiro atoms. The smallest absolute Gasteiger partial charge is 0.259 e. The standard InChI is InChI=1S/C26H20N4O3S/c31-25(16-6-2-1-3-7-16)27-15-23-28-24(29-33-23)17-10-13-20-22(14-17)34-21-9-5-4-8-19(21)26(32)30(20)18-11-12-18/h1-10,13-14,18H,11-12,15H2,(H,27,31). The lowest BCUT2D eigenvalue weighted by Crippen LogP contribution is -2.32. The predicted molar refractivity (Wildman–Crippen MR) is 128 cm³/mol. The second-order valence-corrected chi connectivity index (χ2v) is 9.33. The second-order valence-electron chi connectivity index (χ2n) is 8.25. The summed E-state index contributed by atoms with van der Waals surface area (Å²) in [4.78, 5) is 33.9. The molecule has 0 saturated heterocycles. The molecule has 1 N–H and O–H groups in total. The van der Waals surface area contributed by atoms with Crippen LogP contribution in [0.5, 0.6) is 0 Å². The van der Waals surface area contributed by atoms with Gasteiger partial charge in [-0.25, -0.2) is 0 Å². The van der Waals surface area contributed by atoms with Crippen molar-refractivity contribution in [3.05, 3.63) is 89.8 Å². The summed E-state index contributed by atoms with van der Waals surface area (Å²) in [6.07, 6.45) is 2.03. The Labute approximate surface area is 200 Å². The molecule has 0 radical (unpaired) electrons. The van der Waals surface area contributed by atoms with E-state index in [0.717, 1.165) is 39.4 Å². The average molecular weight is 469 g/mol. The van der Waals surface area contributed by atoms with E-state index < -0.39 is 0 Å². The van der Waals surface area contributed by atoms with E-state index in [2.05, 4.69) is 15.5 Å². The van der Waals surface area contributed by atoms with Crippen LogP contribution in [-0.2, 0) is 6.54 Å². The van der Waals surface area contributed by atoms with Crippen molar-refractivity contribution in [1.82, 2.24) is 15.5 Å². The molecule has 1 aliphatic heterocycles. The van der Waals surface area contributed by atoms with Gasteiger partial charge in [0.2, 0.25) is 11.7 Å². The number of anilines is 1. The van der Waals surface area contributed by atoms with Crippen LogP contribution in [0.25, 0.3) is 11.4 Å². The van der Waals surface area contributed by atoms with Crippen molar-refractivity contribution in [3.63, 3.8) is 0 Å². The lowest BCUT2D eigenvalue weighted by Gasteiger charge is -2.22. The van der Waals surface area contributed by atoms with E-state index in [0.29, 0.717) is 17.3 Å². The van der Waals surface area contributed by atoms with Crippen LogP contribution in [0.4, 0.5) is 5.69 Å². The first-order chi connectivity index (χ1) is 16.7. The fourth-order valence-corrected chi connectivity index (χ4v) is 5.12. The minimum atomic E-state index is -0.203. The van der Waals surface area contributed by atoms with E-state index in [1.54, 1.807) is 23.9 Å². The monoisotopic (exact) mass is 468 g/mol. The molecule has 0 atom stereocenters. The van der Waals surface area contributed by atoms with Crippen molar-refractivity contribution in [2.75, 3.05) is 4.90 Å². The number of hydrogen-bond donors (Lipinski definition) is 1. The van der Waals surface area contributed by atoms with Crippen molar-refractivity contribution in [2.45, 2.75) is 35.2 Å². The van der Waals surface area contributed by atoms with E-state index in [9.17, 15) is 9.59 Å². The molecule has 7 nitrogen and oxygen atoms in total. The number of rotatable bonds is 5. The molecular weight excluding hydrogens is 448 g/mol. The molecule has 6 rings (SSSR count). The van der Waals surface area contributed by atoms with E-state index in [1.807, 2.05) is 65.6 Å². The van der Waals surface area contributed by atoms with Crippen LogP contribution in [0.15, 0.2) is 87.1 Å². The number of fused-ring (bicyclic) bond motifs is 2. The molecule has 3 aromatic carbocycles. The van der Waals surface area contributed by atoms with Gasteiger partial charge >= 0.3 is 0 Å². The van der Waals surface area contributed by atoms with Crippen LogP contribution in [0.1, 0.15) is 39.4 Å². The summed E-state index contributed by atoms with van der Waals surface area (Å²) in [7, 11) is 0. The topological polar surface area (TPSA) is 88.3 Å². The maximum absolute atomic E-state index is 13.3. The third kappa shape index (κ3) is 3.86. The van der Waals surface area contributed by atoms with Crippen LogP contribution >= 0.6 is 11.8 Å². The molecule has 34 heavy (non-hydrogen) atoms. The molecule has 2 heterocycles. The molecule has 0 unspecified atom stereocenters. The van der Waals surface area contributed by atoms with Crippen LogP contribution in [0, 0.1) is 0 Å². The number of aromatic nitrogens is 2. The Bertz CT molecular complexity index is 1400. The van der Waals surface area contributed by atoms with Gasteiger partial charge in [0.25, 0.3) is 11.8 Å². The van der Waals surface area contributed by atoms with Crippen LogP contribution in [0.2, 0.25) is 0 Å². The SMILES string of the molecule is O=C(NCc1nc(-c2ccc3c(c2)Sc2ccccc2C(=O)N3C2CC2)no1)c1ccccc1. The summed E-state index contributed by atoms with van der Waals surface area (Å²) in [5.41, 5.74) is 3.00. The number of nitrogens with zero attached hydrogens (tertiary/aromatic N) is 3. The molecule has 1 saturated carbocycles. The number of hydrogen-bond acceptors (Lipinski definition) is 6. The summed E-state index contributed by atoms with van der Waals surface area (Å²) in [6.45, 7) is 0.137. The van der Waals surface area contributed by atoms with Gasteiger partial charge in [0.15, 0.2) is 0 Å². The Balaban J connectivity index is 1.26. The molecule has 168 valence electrons. The maximum Gasteiger partial charge on any atom is 0.259 e. The lowest BCUT2D eigenvalue weighted by molar-refractivity contribution is 0.0944. The van der Waals surface area contributed by atoms with Crippen molar-refractivity contribution in [2.24, 2.45) is 0 Å². The van der Waals surface area contributed by atoms with Crippen molar-refractivity contribution in [3.8, 4) is 11.4 Å². The van der Waals surface area contributed by atoms with Crippen molar-refractivity contribution in [1.29, 1.82) is 0 Å². The highest BCUT2D eigenvalue weighted by Gasteiger charge is 2.38. The van der Waals surface area contributed by atoms with Gasteiger partial charge in [-0.3, -0.25) is 9.59 Å². The van der Waals surface area contributed by atoms with Crippen molar-refractivity contribution < 1.29 is 14.1 Å². The zero-order chi connectivity index (χ0) is 23.1. The number of carbonyl (C=O) groups excluding carboxylic acids is 2. The Hall–Kier alpha value is -3.91. The molecular formula is C26H20N4O3S. The number of carbonyl (C=O) groups is 2. The average Bonchev–Trinajstić information content (AvgIpc) is 3.61. The normalized spacial score (nSPS) is 14.8. The first-order valence-electron chi connectivity index (χ1n) is 11.1. The molecule has 1 aromatic heterocycles. The second kappa shape index (κ2) is 8.46. The lowest BCUT2D eigenvalue weighted by atomic mass is 10.1. The Morgan fingerprint density at radius 3 is 2.65 bits per heavy atom. The van der Waals surface area contributed by atoms with Gasteiger partial charge in [-0.2, -0.15) is 4.98 Å². The van der Waals surface area contributed by atoms with Gasteiger partial charge in [0, 0.05) is 27.0 Å². The molecule has 2 amide bonds. The quantitative estimate of drug-likeness (QED) is 0.446. The van der Waals surface area contributed by atoms with Gasteiger partial charge in [-0.15, -0.1) is 0 Å². The summed E-state index contributed by atoms with van der Waals surface area (Å²) < 4.78 is 5.37. The van der Waals surface area contributed by atoms with E-state index in [1.165, 1.54) is 0 Å². The summed E-state index contributed by atoms with van der Waals surface area (Å²) >= 11 is 1.58. The predicted octanol–water partition coefficient (Wildman–Crippen LogP) is 4.94.